The van der Waals surface area contributed by atoms with Crippen LogP contribution in [0.3, 0.4) is 0 Å². The molecule has 0 aliphatic carbocycles. The van der Waals surface area contributed by atoms with Crippen molar-refractivity contribution in [2.75, 3.05) is 0 Å². The molecule has 1 nitrogen and oxygen atoms in total. The maximum atomic E-state index is 7.10. The van der Waals surface area contributed by atoms with E-state index in [2.05, 4.69) is 12.1 Å². The van der Waals surface area contributed by atoms with E-state index in [1.807, 2.05) is 42.5 Å². The molecule has 2 heteroatoms. The van der Waals surface area contributed by atoms with Crippen molar-refractivity contribution in [1.82, 2.24) is 0 Å². The quantitative estimate of drug-likeness (QED) is 0.480. The summed E-state index contributed by atoms with van der Waals surface area (Å²) in [6.07, 6.45) is 1.20. The summed E-state index contributed by atoms with van der Waals surface area (Å²) >= 11 is 5.04. The van der Waals surface area contributed by atoms with Crippen molar-refractivity contribution in [2.24, 2.45) is 0 Å². The van der Waals surface area contributed by atoms with E-state index in [0.717, 1.165) is 11.1 Å². The van der Waals surface area contributed by atoms with Gasteiger partial charge in [0, 0.05) is 6.21 Å². The third-order valence-corrected chi connectivity index (χ3v) is 2.76. The van der Waals surface area contributed by atoms with Gasteiger partial charge in [-0.2, -0.15) is 0 Å². The minimum Gasteiger partial charge on any atom is -0.307 e. The first-order valence-electron chi connectivity index (χ1n) is 5.01. The van der Waals surface area contributed by atoms with Gasteiger partial charge in [-0.1, -0.05) is 66.8 Å². The SMILES string of the molecule is N=CC(=S)c1ccc(-c2ccccc2)cc1. The van der Waals surface area contributed by atoms with Crippen molar-refractivity contribution < 1.29 is 0 Å². The highest BCUT2D eigenvalue weighted by atomic mass is 32.1. The largest absolute Gasteiger partial charge is 0.307 e. The molecule has 2 rings (SSSR count). The second-order valence-corrected chi connectivity index (χ2v) is 3.89. The summed E-state index contributed by atoms with van der Waals surface area (Å²) in [4.78, 5) is 0.569. The molecular weight excluding hydrogens is 214 g/mol. The fourth-order valence-electron chi connectivity index (χ4n) is 1.54. The molecule has 0 unspecified atom stereocenters. The van der Waals surface area contributed by atoms with Crippen LogP contribution in [0, 0.1) is 5.41 Å². The molecule has 0 saturated carbocycles. The van der Waals surface area contributed by atoms with Gasteiger partial charge in [0.05, 0.1) is 4.86 Å². The molecule has 0 spiro atoms. The van der Waals surface area contributed by atoms with Crippen LogP contribution in [0.1, 0.15) is 5.56 Å². The van der Waals surface area contributed by atoms with Gasteiger partial charge in [-0.15, -0.1) is 0 Å². The Morgan fingerprint density at radius 3 is 2.00 bits per heavy atom. The van der Waals surface area contributed by atoms with Gasteiger partial charge >= 0.3 is 0 Å². The van der Waals surface area contributed by atoms with Crippen LogP contribution in [0.2, 0.25) is 0 Å². The lowest BCUT2D eigenvalue weighted by atomic mass is 10.0. The van der Waals surface area contributed by atoms with Gasteiger partial charge in [-0.25, -0.2) is 0 Å². The van der Waals surface area contributed by atoms with Crippen molar-refractivity contribution >= 4 is 23.3 Å². The van der Waals surface area contributed by atoms with Crippen molar-refractivity contribution in [1.29, 1.82) is 5.41 Å². The molecule has 0 aromatic heterocycles. The highest BCUT2D eigenvalue weighted by Gasteiger charge is 1.99. The fourth-order valence-corrected chi connectivity index (χ4v) is 1.68. The first-order chi connectivity index (χ1) is 7.81. The summed E-state index contributed by atoms with van der Waals surface area (Å²) in [5, 5.41) is 7.10. The van der Waals surface area contributed by atoms with E-state index in [-0.39, 0.29) is 0 Å². The van der Waals surface area contributed by atoms with Crippen molar-refractivity contribution in [3.05, 3.63) is 60.2 Å². The minimum absolute atomic E-state index is 0.569. The Balaban J connectivity index is 2.33. The molecule has 0 aliphatic heterocycles. The second kappa shape index (κ2) is 4.81. The molecule has 1 N–H and O–H groups in total. The Morgan fingerprint density at radius 2 is 1.44 bits per heavy atom. The monoisotopic (exact) mass is 225 g/mol. The topological polar surface area (TPSA) is 23.9 Å². The molecule has 0 bridgehead atoms. The van der Waals surface area contributed by atoms with E-state index < -0.39 is 0 Å². The number of hydrogen-bond donors (Lipinski definition) is 1. The van der Waals surface area contributed by atoms with Gasteiger partial charge in [0.2, 0.25) is 0 Å². The third kappa shape index (κ3) is 2.23. The lowest BCUT2D eigenvalue weighted by Crippen LogP contribution is -1.96. The van der Waals surface area contributed by atoms with Crippen LogP contribution in [0.25, 0.3) is 11.1 Å². The Hall–Kier alpha value is -1.80. The van der Waals surface area contributed by atoms with Crippen LogP contribution in [-0.2, 0) is 0 Å². The van der Waals surface area contributed by atoms with Gasteiger partial charge < -0.3 is 5.41 Å². The Labute approximate surface area is 100 Å². The first kappa shape index (κ1) is 10.7. The van der Waals surface area contributed by atoms with Gasteiger partial charge in [0.1, 0.15) is 0 Å². The molecule has 2 aromatic rings. The highest BCUT2D eigenvalue weighted by molar-refractivity contribution is 7.82. The number of benzene rings is 2. The predicted octanol–water partition coefficient (Wildman–Crippen LogP) is 3.72. The molecule has 0 fully saturated rings. The average Bonchev–Trinajstić information content (AvgIpc) is 2.39. The lowest BCUT2D eigenvalue weighted by molar-refractivity contribution is 1.58. The highest BCUT2D eigenvalue weighted by Crippen LogP contribution is 2.19. The zero-order valence-corrected chi connectivity index (χ0v) is 9.50. The van der Waals surface area contributed by atoms with Crippen LogP contribution in [0.4, 0.5) is 0 Å². The Bertz CT molecular complexity index is 500. The predicted molar refractivity (Wildman–Crippen MR) is 72.4 cm³/mol. The fraction of sp³-hybridized carbons (Fsp3) is 0. The summed E-state index contributed by atoms with van der Waals surface area (Å²) in [5.41, 5.74) is 3.27. The molecule has 0 saturated heterocycles. The molecule has 0 aliphatic rings. The molecular formula is C14H11NS. The number of hydrogen-bond acceptors (Lipinski definition) is 2. The van der Waals surface area contributed by atoms with Gasteiger partial charge in [-0.05, 0) is 16.7 Å². The van der Waals surface area contributed by atoms with Crippen LogP contribution < -0.4 is 0 Å². The van der Waals surface area contributed by atoms with Gasteiger partial charge in [0.15, 0.2) is 0 Å². The van der Waals surface area contributed by atoms with Crippen LogP contribution in [0.15, 0.2) is 54.6 Å². The number of nitrogens with one attached hydrogen (secondary N) is 1. The van der Waals surface area contributed by atoms with E-state index in [1.54, 1.807) is 0 Å². The summed E-state index contributed by atoms with van der Waals surface area (Å²) in [6.45, 7) is 0. The number of thiocarbonyl (C=S) groups is 1. The zero-order chi connectivity index (χ0) is 11.4. The summed E-state index contributed by atoms with van der Waals surface area (Å²) in [5.74, 6) is 0. The number of rotatable bonds is 3. The molecule has 0 heterocycles. The smallest absolute Gasteiger partial charge is 0.0625 e. The zero-order valence-electron chi connectivity index (χ0n) is 8.68. The molecule has 0 atom stereocenters. The lowest BCUT2D eigenvalue weighted by Gasteiger charge is -2.02. The first-order valence-corrected chi connectivity index (χ1v) is 5.42. The normalized spacial score (nSPS) is 9.75. The second-order valence-electron chi connectivity index (χ2n) is 3.45. The average molecular weight is 225 g/mol. The van der Waals surface area contributed by atoms with Crippen molar-refractivity contribution in [3.8, 4) is 11.1 Å². The standard InChI is InChI=1S/C14H11NS/c15-10-14(16)13-8-6-12(7-9-13)11-4-2-1-3-5-11/h1-10,15H. The van der Waals surface area contributed by atoms with Gasteiger partial charge in [0.25, 0.3) is 0 Å². The van der Waals surface area contributed by atoms with E-state index in [1.165, 1.54) is 11.8 Å². The molecule has 78 valence electrons. The maximum Gasteiger partial charge on any atom is 0.0625 e. The van der Waals surface area contributed by atoms with E-state index in [4.69, 9.17) is 17.6 Å². The van der Waals surface area contributed by atoms with E-state index in [9.17, 15) is 0 Å². The van der Waals surface area contributed by atoms with E-state index >= 15 is 0 Å². The summed E-state index contributed by atoms with van der Waals surface area (Å²) in [6, 6.07) is 18.2. The molecule has 0 radical (unpaired) electrons. The Kier molecular flexibility index (Phi) is 3.22. The van der Waals surface area contributed by atoms with Crippen LogP contribution in [0.5, 0.6) is 0 Å². The molecule has 16 heavy (non-hydrogen) atoms. The Morgan fingerprint density at radius 1 is 0.875 bits per heavy atom. The van der Waals surface area contributed by atoms with Crippen LogP contribution >= 0.6 is 12.2 Å². The summed E-state index contributed by atoms with van der Waals surface area (Å²) < 4.78 is 0. The van der Waals surface area contributed by atoms with Crippen molar-refractivity contribution in [3.63, 3.8) is 0 Å². The van der Waals surface area contributed by atoms with Crippen LogP contribution in [-0.4, -0.2) is 11.1 Å². The molecule has 0 amide bonds. The molecule has 2 aromatic carbocycles. The van der Waals surface area contributed by atoms with Crippen molar-refractivity contribution in [2.45, 2.75) is 0 Å². The maximum absolute atomic E-state index is 7.10. The van der Waals surface area contributed by atoms with E-state index in [0.29, 0.717) is 4.86 Å². The van der Waals surface area contributed by atoms with Gasteiger partial charge in [-0.3, -0.25) is 0 Å². The summed E-state index contributed by atoms with van der Waals surface area (Å²) in [7, 11) is 0. The third-order valence-electron chi connectivity index (χ3n) is 2.41. The minimum atomic E-state index is 0.569.